The highest BCUT2D eigenvalue weighted by Gasteiger charge is 2.06. The van der Waals surface area contributed by atoms with Crippen LogP contribution in [0.2, 0.25) is 5.02 Å². The minimum absolute atomic E-state index is 0.0560. The minimum Gasteiger partial charge on any atom is -0.335 e. The van der Waals surface area contributed by atoms with E-state index in [9.17, 15) is 9.59 Å². The topological polar surface area (TPSA) is 102 Å². The molecule has 0 atom stereocenters. The van der Waals surface area contributed by atoms with E-state index in [4.69, 9.17) is 36.0 Å². The molecule has 1 amide bonds. The summed E-state index contributed by atoms with van der Waals surface area (Å²) in [7, 11) is 0. The van der Waals surface area contributed by atoms with Crippen LogP contribution in [0.15, 0.2) is 29.1 Å². The fourth-order valence-electron chi connectivity index (χ4n) is 1.79. The van der Waals surface area contributed by atoms with Crippen molar-refractivity contribution in [1.82, 2.24) is 20.8 Å². The average Bonchev–Trinajstić information content (AvgIpc) is 2.48. The number of H-pyrrole nitrogens is 2. The molecule has 5 N–H and O–H groups in total. The molecule has 0 aliphatic carbocycles. The van der Waals surface area contributed by atoms with E-state index in [1.54, 1.807) is 6.07 Å². The molecular formula is C14H14ClN5O2S2. The van der Waals surface area contributed by atoms with Crippen LogP contribution in [0.25, 0.3) is 0 Å². The first kappa shape index (κ1) is 18.1. The van der Waals surface area contributed by atoms with E-state index in [-0.39, 0.29) is 21.9 Å². The number of hydrazine groups is 1. The molecule has 0 fully saturated rings. The van der Waals surface area contributed by atoms with Gasteiger partial charge in [0.25, 0.3) is 5.56 Å². The van der Waals surface area contributed by atoms with Gasteiger partial charge in [-0.05, 0) is 49.1 Å². The maximum Gasteiger partial charge on any atom is 0.251 e. The molecule has 24 heavy (non-hydrogen) atoms. The quantitative estimate of drug-likeness (QED) is 0.410. The number of nitrogens with one attached hydrogen (secondary N) is 5. The van der Waals surface area contributed by atoms with Crippen molar-refractivity contribution in [3.05, 3.63) is 55.7 Å². The zero-order valence-corrected chi connectivity index (χ0v) is 14.9. The van der Waals surface area contributed by atoms with Crippen LogP contribution in [0, 0.1) is 11.7 Å². The Morgan fingerprint density at radius 1 is 1.25 bits per heavy atom. The van der Waals surface area contributed by atoms with Crippen LogP contribution in [0.3, 0.4) is 0 Å². The van der Waals surface area contributed by atoms with Crippen molar-refractivity contribution in [2.24, 2.45) is 0 Å². The van der Waals surface area contributed by atoms with Gasteiger partial charge in [0.1, 0.15) is 0 Å². The molecular weight excluding hydrogens is 370 g/mol. The smallest absolute Gasteiger partial charge is 0.251 e. The third-order valence-electron chi connectivity index (χ3n) is 2.91. The molecule has 0 radical (unpaired) electrons. The van der Waals surface area contributed by atoms with Crippen molar-refractivity contribution in [3.63, 3.8) is 0 Å². The molecule has 2 rings (SSSR count). The lowest BCUT2D eigenvalue weighted by Crippen LogP contribution is -2.44. The van der Waals surface area contributed by atoms with E-state index in [0.29, 0.717) is 16.4 Å². The van der Waals surface area contributed by atoms with E-state index in [1.165, 1.54) is 6.07 Å². The third-order valence-corrected chi connectivity index (χ3v) is 3.73. The number of halogens is 1. The Morgan fingerprint density at radius 3 is 2.67 bits per heavy atom. The van der Waals surface area contributed by atoms with Crippen molar-refractivity contribution >= 4 is 52.7 Å². The van der Waals surface area contributed by atoms with E-state index >= 15 is 0 Å². The van der Waals surface area contributed by atoms with Crippen molar-refractivity contribution in [2.75, 3.05) is 5.32 Å². The van der Waals surface area contributed by atoms with Gasteiger partial charge < -0.3 is 10.3 Å². The molecule has 1 aromatic heterocycles. The molecule has 0 saturated carbocycles. The number of carbonyl (C=O) groups excluding carboxylic acids is 1. The Bertz CT molecular complexity index is 865. The number of aromatic nitrogens is 2. The SMILES string of the molecule is Cc1ccc(NC(=S)NNC(=O)Cc2cc(=O)[nH]c(=S)[nH]2)cc1Cl. The summed E-state index contributed by atoms with van der Waals surface area (Å²) in [6.07, 6.45) is -0.0560. The number of aryl methyl sites for hydroxylation is 1. The summed E-state index contributed by atoms with van der Waals surface area (Å²) in [5.74, 6) is -0.391. The third kappa shape index (κ3) is 5.44. The van der Waals surface area contributed by atoms with Crippen LogP contribution >= 0.6 is 36.0 Å². The summed E-state index contributed by atoms with van der Waals surface area (Å²) in [4.78, 5) is 28.2. The highest BCUT2D eigenvalue weighted by atomic mass is 35.5. The van der Waals surface area contributed by atoms with Crippen LogP contribution in [-0.2, 0) is 11.2 Å². The van der Waals surface area contributed by atoms with Crippen molar-refractivity contribution in [2.45, 2.75) is 13.3 Å². The van der Waals surface area contributed by atoms with Crippen LogP contribution in [0.4, 0.5) is 5.69 Å². The number of anilines is 1. The van der Waals surface area contributed by atoms with Crippen molar-refractivity contribution in [3.8, 4) is 0 Å². The normalized spacial score (nSPS) is 10.1. The highest BCUT2D eigenvalue weighted by molar-refractivity contribution is 7.80. The molecule has 2 aromatic rings. The Morgan fingerprint density at radius 2 is 2.00 bits per heavy atom. The highest BCUT2D eigenvalue weighted by Crippen LogP contribution is 2.19. The van der Waals surface area contributed by atoms with Crippen molar-refractivity contribution in [1.29, 1.82) is 0 Å². The number of aromatic amines is 2. The standard InChI is InChI=1S/C14H14ClN5O2S2/c1-7-2-3-8(4-10(7)15)16-14(24)20-19-12(22)6-9-5-11(21)18-13(23)17-9/h2-5H,6H2,1H3,(H,19,22)(H2,16,20,24)(H2,17,18,21,23). The summed E-state index contributed by atoms with van der Waals surface area (Å²) >= 11 is 15.9. The second-order valence-corrected chi connectivity index (χ2v) is 6.10. The van der Waals surface area contributed by atoms with Crippen LogP contribution in [-0.4, -0.2) is 21.0 Å². The van der Waals surface area contributed by atoms with Crippen LogP contribution < -0.4 is 21.7 Å². The van der Waals surface area contributed by atoms with Crippen molar-refractivity contribution < 1.29 is 4.79 Å². The lowest BCUT2D eigenvalue weighted by molar-refractivity contribution is -0.121. The summed E-state index contributed by atoms with van der Waals surface area (Å²) < 4.78 is 0.159. The summed E-state index contributed by atoms with van der Waals surface area (Å²) in [5, 5.41) is 3.69. The van der Waals surface area contributed by atoms with Gasteiger partial charge in [-0.2, -0.15) is 0 Å². The lowest BCUT2D eigenvalue weighted by atomic mass is 10.2. The largest absolute Gasteiger partial charge is 0.335 e. The predicted octanol–water partition coefficient (Wildman–Crippen LogP) is 1.95. The molecule has 1 aromatic carbocycles. The number of rotatable bonds is 3. The number of amides is 1. The number of hydrogen-bond donors (Lipinski definition) is 5. The number of thiocarbonyl (C=S) groups is 1. The molecule has 126 valence electrons. The molecule has 0 unspecified atom stereocenters. The van der Waals surface area contributed by atoms with Gasteiger partial charge in [0, 0.05) is 22.5 Å². The molecule has 1 heterocycles. The molecule has 7 nitrogen and oxygen atoms in total. The zero-order valence-electron chi connectivity index (χ0n) is 12.5. The average molecular weight is 384 g/mol. The maximum absolute atomic E-state index is 11.8. The Kier molecular flexibility index (Phi) is 6.07. The minimum atomic E-state index is -0.391. The Balaban J connectivity index is 1.86. The first-order chi connectivity index (χ1) is 11.3. The van der Waals surface area contributed by atoms with E-state index in [2.05, 4.69) is 26.1 Å². The monoisotopic (exact) mass is 383 g/mol. The molecule has 0 aliphatic heterocycles. The molecule has 0 saturated heterocycles. The molecule has 0 spiro atoms. The van der Waals surface area contributed by atoms with Gasteiger partial charge >= 0.3 is 0 Å². The molecule has 10 heteroatoms. The zero-order chi connectivity index (χ0) is 17.7. The number of hydrogen-bond acceptors (Lipinski definition) is 4. The van der Waals surface area contributed by atoms with Gasteiger partial charge in [0.2, 0.25) is 5.91 Å². The van der Waals surface area contributed by atoms with E-state index in [0.717, 1.165) is 5.56 Å². The molecule has 0 bridgehead atoms. The fraction of sp³-hybridized carbons (Fsp3) is 0.143. The summed E-state index contributed by atoms with van der Waals surface area (Å²) in [5.41, 5.74) is 6.65. The summed E-state index contributed by atoms with van der Waals surface area (Å²) in [6, 6.07) is 6.65. The summed E-state index contributed by atoms with van der Waals surface area (Å²) in [6.45, 7) is 1.89. The van der Waals surface area contributed by atoms with Gasteiger partial charge in [-0.15, -0.1) is 0 Å². The van der Waals surface area contributed by atoms with Crippen LogP contribution in [0.1, 0.15) is 11.3 Å². The van der Waals surface area contributed by atoms with Gasteiger partial charge in [0.05, 0.1) is 6.42 Å². The first-order valence-corrected chi connectivity index (χ1v) is 7.97. The van der Waals surface area contributed by atoms with Crippen LogP contribution in [0.5, 0.6) is 0 Å². The first-order valence-electron chi connectivity index (χ1n) is 6.78. The van der Waals surface area contributed by atoms with Gasteiger partial charge in [-0.25, -0.2) is 0 Å². The van der Waals surface area contributed by atoms with Gasteiger partial charge in [0.15, 0.2) is 9.88 Å². The maximum atomic E-state index is 11.8. The molecule has 0 aliphatic rings. The second-order valence-electron chi connectivity index (χ2n) is 4.88. The Hall–Kier alpha value is -2.23. The predicted molar refractivity (Wildman–Crippen MR) is 99.6 cm³/mol. The number of carbonyl (C=O) groups is 1. The lowest BCUT2D eigenvalue weighted by Gasteiger charge is -2.12. The van der Waals surface area contributed by atoms with Gasteiger partial charge in [-0.1, -0.05) is 17.7 Å². The fourth-order valence-corrected chi connectivity index (χ4v) is 2.37. The second kappa shape index (κ2) is 8.04. The van der Waals surface area contributed by atoms with E-state index < -0.39 is 5.91 Å². The van der Waals surface area contributed by atoms with E-state index in [1.807, 2.05) is 19.1 Å². The number of benzene rings is 1. The van der Waals surface area contributed by atoms with Gasteiger partial charge in [-0.3, -0.25) is 25.4 Å². The Labute approximate surface area is 152 Å².